The summed E-state index contributed by atoms with van der Waals surface area (Å²) in [7, 11) is 1.56. The number of amidine groups is 1. The minimum atomic E-state index is -4.77. The van der Waals surface area contributed by atoms with Gasteiger partial charge in [-0.25, -0.2) is 14.5 Å². The second-order valence-electron chi connectivity index (χ2n) is 9.31. The number of benzene rings is 3. The number of aromatic nitrogens is 3. The maximum absolute atomic E-state index is 12.6. The largest absolute Gasteiger partial charge is 0.573 e. The molecule has 2 heterocycles. The van der Waals surface area contributed by atoms with Gasteiger partial charge in [0.15, 0.2) is 5.82 Å². The van der Waals surface area contributed by atoms with Gasteiger partial charge < -0.3 is 14.8 Å². The standard InChI is InChI=1S/C29H25F3N6O4S/c1-18-14-23(41-2)10-11-24(18)38-25(16-43-28(38)40)35-27(39)33-13-12-19-4-3-5-20(15-19)26-34-17-37(36-26)21-6-8-22(9-7-21)42-29(30,31)32/h3-11,14-15,17H,12-13,16H2,1-2H3,(H,33,39)/b35-25+. The highest BCUT2D eigenvalue weighted by molar-refractivity contribution is 8.15. The number of carbonyl (C=O) groups is 2. The molecule has 10 nitrogen and oxygen atoms in total. The molecule has 0 saturated carbocycles. The molecule has 1 aliphatic rings. The lowest BCUT2D eigenvalue weighted by molar-refractivity contribution is -0.274. The van der Waals surface area contributed by atoms with Crippen LogP contribution in [0.4, 0.5) is 28.4 Å². The highest BCUT2D eigenvalue weighted by Gasteiger charge is 2.32. The summed E-state index contributed by atoms with van der Waals surface area (Å²) in [6.07, 6.45) is -2.80. The van der Waals surface area contributed by atoms with Crippen LogP contribution in [0.1, 0.15) is 11.1 Å². The first-order valence-electron chi connectivity index (χ1n) is 12.9. The number of urea groups is 1. The van der Waals surface area contributed by atoms with E-state index in [1.54, 1.807) is 19.2 Å². The first-order valence-corrected chi connectivity index (χ1v) is 13.9. The molecule has 1 aliphatic heterocycles. The van der Waals surface area contributed by atoms with E-state index in [1.165, 1.54) is 40.2 Å². The Labute approximate surface area is 248 Å². The van der Waals surface area contributed by atoms with E-state index in [9.17, 15) is 22.8 Å². The van der Waals surface area contributed by atoms with E-state index in [4.69, 9.17) is 4.74 Å². The second-order valence-corrected chi connectivity index (χ2v) is 10.2. The summed E-state index contributed by atoms with van der Waals surface area (Å²) < 4.78 is 47.8. The molecule has 0 aliphatic carbocycles. The number of ether oxygens (including phenoxy) is 2. The summed E-state index contributed by atoms with van der Waals surface area (Å²) in [5.74, 6) is 1.39. The first kappa shape index (κ1) is 29.6. The van der Waals surface area contributed by atoms with Crippen molar-refractivity contribution in [2.75, 3.05) is 24.3 Å². The average Bonchev–Trinajstić information content (AvgIpc) is 3.60. The molecule has 222 valence electrons. The molecule has 4 aromatic rings. The number of aliphatic imine (C=N–C) groups is 1. The number of anilines is 1. The van der Waals surface area contributed by atoms with Crippen LogP contribution in [0.25, 0.3) is 17.1 Å². The molecular formula is C29H25F3N6O4S. The lowest BCUT2D eigenvalue weighted by Crippen LogP contribution is -2.32. The first-order chi connectivity index (χ1) is 20.6. The van der Waals surface area contributed by atoms with Crippen molar-refractivity contribution in [1.82, 2.24) is 20.1 Å². The zero-order valence-corrected chi connectivity index (χ0v) is 23.8. The molecule has 5 rings (SSSR count). The smallest absolute Gasteiger partial charge is 0.497 e. The topological polar surface area (TPSA) is 111 Å². The minimum Gasteiger partial charge on any atom is -0.497 e. The fourth-order valence-electron chi connectivity index (χ4n) is 4.34. The number of carbonyl (C=O) groups excluding carboxylic acids is 2. The van der Waals surface area contributed by atoms with Gasteiger partial charge in [0.05, 0.1) is 24.2 Å². The Morgan fingerprint density at radius 2 is 1.86 bits per heavy atom. The normalized spacial score (nSPS) is 14.3. The van der Waals surface area contributed by atoms with Crippen LogP contribution >= 0.6 is 11.8 Å². The Kier molecular flexibility index (Phi) is 8.66. The van der Waals surface area contributed by atoms with E-state index in [2.05, 4.69) is 25.1 Å². The highest BCUT2D eigenvalue weighted by Crippen LogP contribution is 2.32. The summed E-state index contributed by atoms with van der Waals surface area (Å²) in [5.41, 5.74) is 3.61. The number of aryl methyl sites for hydroxylation is 1. The summed E-state index contributed by atoms with van der Waals surface area (Å²) in [4.78, 5) is 35.1. The Morgan fingerprint density at radius 1 is 1.09 bits per heavy atom. The Hall–Kier alpha value is -4.85. The van der Waals surface area contributed by atoms with Crippen molar-refractivity contribution in [3.8, 4) is 28.6 Å². The van der Waals surface area contributed by atoms with Crippen molar-refractivity contribution in [2.45, 2.75) is 19.7 Å². The van der Waals surface area contributed by atoms with Crippen LogP contribution in [-0.2, 0) is 6.42 Å². The number of nitrogens with one attached hydrogen (secondary N) is 1. The number of hydrogen-bond acceptors (Lipinski definition) is 7. The van der Waals surface area contributed by atoms with Gasteiger partial charge in [0.2, 0.25) is 0 Å². The lowest BCUT2D eigenvalue weighted by atomic mass is 10.1. The number of amides is 3. The number of nitrogens with zero attached hydrogens (tertiary/aromatic N) is 5. The van der Waals surface area contributed by atoms with Gasteiger partial charge in [0.1, 0.15) is 23.7 Å². The van der Waals surface area contributed by atoms with E-state index in [1.807, 2.05) is 37.3 Å². The molecule has 14 heteroatoms. The van der Waals surface area contributed by atoms with E-state index < -0.39 is 12.4 Å². The number of alkyl halides is 3. The number of halogens is 3. The molecule has 3 aromatic carbocycles. The maximum Gasteiger partial charge on any atom is 0.573 e. The lowest BCUT2D eigenvalue weighted by Gasteiger charge is -2.19. The summed E-state index contributed by atoms with van der Waals surface area (Å²) >= 11 is 1.08. The van der Waals surface area contributed by atoms with Gasteiger partial charge in [0.25, 0.3) is 5.24 Å². The predicted octanol–water partition coefficient (Wildman–Crippen LogP) is 6.17. The number of methoxy groups -OCH3 is 1. The van der Waals surface area contributed by atoms with Gasteiger partial charge in [-0.1, -0.05) is 30.0 Å². The summed E-state index contributed by atoms with van der Waals surface area (Å²) in [5, 5.41) is 6.99. The molecule has 1 aromatic heterocycles. The zero-order valence-electron chi connectivity index (χ0n) is 23.0. The average molecular weight is 611 g/mol. The third kappa shape index (κ3) is 7.33. The fraction of sp³-hybridized carbons (Fsp3) is 0.207. The van der Waals surface area contributed by atoms with Crippen LogP contribution in [0.3, 0.4) is 0 Å². The summed E-state index contributed by atoms with van der Waals surface area (Å²) in [6.45, 7) is 2.16. The zero-order chi connectivity index (χ0) is 30.6. The Balaban J connectivity index is 1.19. The van der Waals surface area contributed by atoms with Gasteiger partial charge >= 0.3 is 12.4 Å². The number of thioether (sulfide) groups is 1. The van der Waals surface area contributed by atoms with E-state index in [0.29, 0.717) is 41.7 Å². The molecule has 0 radical (unpaired) electrons. The molecule has 0 atom stereocenters. The van der Waals surface area contributed by atoms with Crippen LogP contribution in [0.5, 0.6) is 11.5 Å². The Morgan fingerprint density at radius 3 is 2.58 bits per heavy atom. The molecule has 43 heavy (non-hydrogen) atoms. The van der Waals surface area contributed by atoms with Crippen molar-refractivity contribution in [1.29, 1.82) is 0 Å². The number of hydrogen-bond donors (Lipinski definition) is 1. The van der Waals surface area contributed by atoms with Crippen molar-refractivity contribution in [3.63, 3.8) is 0 Å². The molecule has 0 bridgehead atoms. The van der Waals surface area contributed by atoms with Crippen LogP contribution in [0.2, 0.25) is 0 Å². The Bertz CT molecular complexity index is 1670. The molecule has 0 unspecified atom stereocenters. The maximum atomic E-state index is 12.6. The predicted molar refractivity (Wildman–Crippen MR) is 156 cm³/mol. The van der Waals surface area contributed by atoms with Gasteiger partial charge in [-0.2, -0.15) is 4.99 Å². The monoisotopic (exact) mass is 610 g/mol. The van der Waals surface area contributed by atoms with Crippen LogP contribution in [0, 0.1) is 6.92 Å². The van der Waals surface area contributed by atoms with Gasteiger partial charge in [-0.05, 0) is 73.0 Å². The summed E-state index contributed by atoms with van der Waals surface area (Å²) in [6, 6.07) is 17.5. The van der Waals surface area contributed by atoms with Crippen LogP contribution in [-0.4, -0.2) is 57.6 Å². The SMILES string of the molecule is COc1ccc(N2C(=O)SC/C2=N\C(=O)NCCc2cccc(-c3ncn(-c4ccc(OC(F)(F)F)cc4)n3)c2)c(C)c1. The van der Waals surface area contributed by atoms with E-state index in [0.717, 1.165) is 28.5 Å². The molecule has 3 amide bonds. The van der Waals surface area contributed by atoms with Gasteiger partial charge in [-0.15, -0.1) is 18.3 Å². The van der Waals surface area contributed by atoms with Gasteiger partial charge in [-0.3, -0.25) is 9.69 Å². The fourth-order valence-corrected chi connectivity index (χ4v) is 5.12. The van der Waals surface area contributed by atoms with Crippen LogP contribution in [0.15, 0.2) is 78.0 Å². The molecule has 0 spiro atoms. The molecule has 1 N–H and O–H groups in total. The third-order valence-corrected chi connectivity index (χ3v) is 7.17. The number of rotatable bonds is 8. The van der Waals surface area contributed by atoms with Crippen molar-refractivity contribution >= 4 is 34.6 Å². The molecular weight excluding hydrogens is 585 g/mol. The molecule has 1 saturated heterocycles. The highest BCUT2D eigenvalue weighted by atomic mass is 32.2. The van der Waals surface area contributed by atoms with Gasteiger partial charge in [0, 0.05) is 12.1 Å². The van der Waals surface area contributed by atoms with Crippen molar-refractivity contribution in [2.24, 2.45) is 4.99 Å². The second kappa shape index (κ2) is 12.6. The van der Waals surface area contributed by atoms with Crippen LogP contribution < -0.4 is 19.7 Å². The van der Waals surface area contributed by atoms with Crippen molar-refractivity contribution in [3.05, 3.63) is 84.2 Å². The van der Waals surface area contributed by atoms with E-state index in [-0.39, 0.29) is 16.7 Å². The van der Waals surface area contributed by atoms with E-state index >= 15 is 0 Å². The third-order valence-electron chi connectivity index (χ3n) is 6.34. The molecule has 1 fully saturated rings. The van der Waals surface area contributed by atoms with Crippen molar-refractivity contribution < 1.29 is 32.2 Å². The minimum absolute atomic E-state index is 0.208. The quantitative estimate of drug-likeness (QED) is 0.254.